The van der Waals surface area contributed by atoms with E-state index in [0.717, 1.165) is 5.69 Å². The molecule has 130 valence electrons. The number of hydrogen-bond acceptors (Lipinski definition) is 7. The molecule has 0 bridgehead atoms. The maximum Gasteiger partial charge on any atom is 0.268 e. The van der Waals surface area contributed by atoms with Crippen LogP contribution in [0.25, 0.3) is 0 Å². The Bertz CT molecular complexity index is 949. The summed E-state index contributed by atoms with van der Waals surface area (Å²) in [4.78, 5) is 1.86. The largest absolute Gasteiger partial charge is 0.360 e. The molecule has 2 aromatic heterocycles. The Morgan fingerprint density at radius 3 is 2.32 bits per heavy atom. The highest BCUT2D eigenvalue weighted by molar-refractivity contribution is 7.92. The van der Waals surface area contributed by atoms with Crippen molar-refractivity contribution in [3.63, 3.8) is 0 Å². The van der Waals surface area contributed by atoms with Crippen LogP contribution in [0.1, 0.15) is 11.5 Å². The van der Waals surface area contributed by atoms with Gasteiger partial charge in [-0.3, -0.25) is 4.72 Å². The molecule has 0 radical (unpaired) electrons. The zero-order valence-electron chi connectivity index (χ0n) is 14.0. The average molecular weight is 359 g/mol. The first-order valence-electron chi connectivity index (χ1n) is 7.46. The Morgan fingerprint density at radius 1 is 1.04 bits per heavy atom. The van der Waals surface area contributed by atoms with Crippen molar-refractivity contribution in [1.29, 1.82) is 0 Å². The minimum absolute atomic E-state index is 0.0137. The minimum atomic E-state index is -3.84. The number of hydrogen-bond donors (Lipinski definition) is 1. The Kier molecular flexibility index (Phi) is 4.41. The van der Waals surface area contributed by atoms with E-state index >= 15 is 0 Å². The third-order valence-corrected chi connectivity index (χ3v) is 5.21. The van der Waals surface area contributed by atoms with Crippen molar-refractivity contribution >= 4 is 27.3 Å². The first kappa shape index (κ1) is 16.9. The number of anilines is 3. The van der Waals surface area contributed by atoms with E-state index in [9.17, 15) is 8.42 Å². The van der Waals surface area contributed by atoms with Crippen molar-refractivity contribution in [3.05, 3.63) is 53.9 Å². The number of nitrogens with zero attached hydrogens (tertiary/aromatic N) is 4. The van der Waals surface area contributed by atoms with Crippen LogP contribution in [0, 0.1) is 13.8 Å². The van der Waals surface area contributed by atoms with Gasteiger partial charge in [0.25, 0.3) is 10.0 Å². The zero-order chi connectivity index (χ0) is 18.0. The molecule has 3 rings (SSSR count). The van der Waals surface area contributed by atoms with Crippen LogP contribution in [0.2, 0.25) is 0 Å². The molecular formula is C16H17N5O3S. The van der Waals surface area contributed by atoms with Crippen molar-refractivity contribution in [2.45, 2.75) is 18.7 Å². The van der Waals surface area contributed by atoms with Gasteiger partial charge in [-0.25, -0.2) is 8.42 Å². The fraction of sp³-hybridized carbons (Fsp3) is 0.188. The lowest BCUT2D eigenvalue weighted by Crippen LogP contribution is -2.17. The van der Waals surface area contributed by atoms with Crippen LogP contribution < -0.4 is 9.62 Å². The summed E-state index contributed by atoms with van der Waals surface area (Å²) in [7, 11) is -1.98. The van der Waals surface area contributed by atoms with Gasteiger partial charge in [0, 0.05) is 12.7 Å². The van der Waals surface area contributed by atoms with Gasteiger partial charge in [0.05, 0.1) is 0 Å². The van der Waals surface area contributed by atoms with Crippen molar-refractivity contribution in [3.8, 4) is 0 Å². The molecule has 0 amide bonds. The van der Waals surface area contributed by atoms with E-state index in [-0.39, 0.29) is 16.5 Å². The molecule has 0 aliphatic heterocycles. The topological polar surface area (TPSA) is 101 Å². The summed E-state index contributed by atoms with van der Waals surface area (Å²) >= 11 is 0. The van der Waals surface area contributed by atoms with E-state index in [1.807, 2.05) is 42.3 Å². The SMILES string of the molecule is Cc1noc(C)c1S(=O)(=O)Nc1ccc(N(C)c2ccccc2)nn1. The van der Waals surface area contributed by atoms with Gasteiger partial charge in [-0.05, 0) is 38.1 Å². The van der Waals surface area contributed by atoms with Gasteiger partial charge < -0.3 is 9.42 Å². The van der Waals surface area contributed by atoms with Crippen LogP contribution in [-0.4, -0.2) is 30.8 Å². The molecule has 0 unspecified atom stereocenters. The van der Waals surface area contributed by atoms with Crippen LogP contribution in [0.15, 0.2) is 51.9 Å². The third kappa shape index (κ3) is 3.45. The summed E-state index contributed by atoms with van der Waals surface area (Å²) in [6, 6.07) is 12.9. The van der Waals surface area contributed by atoms with E-state index in [1.165, 1.54) is 6.92 Å². The van der Waals surface area contributed by atoms with Crippen molar-refractivity contribution in [2.75, 3.05) is 16.7 Å². The molecule has 25 heavy (non-hydrogen) atoms. The molecule has 0 atom stereocenters. The molecule has 0 spiro atoms. The van der Waals surface area contributed by atoms with Crippen LogP contribution in [0.3, 0.4) is 0 Å². The van der Waals surface area contributed by atoms with Crippen LogP contribution in [-0.2, 0) is 10.0 Å². The molecule has 0 saturated heterocycles. The maximum absolute atomic E-state index is 12.5. The second-order valence-electron chi connectivity index (χ2n) is 5.43. The van der Waals surface area contributed by atoms with Crippen molar-refractivity contribution in [1.82, 2.24) is 15.4 Å². The van der Waals surface area contributed by atoms with E-state index in [2.05, 4.69) is 20.1 Å². The summed E-state index contributed by atoms with van der Waals surface area (Å²) in [6.07, 6.45) is 0. The summed E-state index contributed by atoms with van der Waals surface area (Å²) in [5.41, 5.74) is 1.24. The Balaban J connectivity index is 1.81. The monoisotopic (exact) mass is 359 g/mol. The summed E-state index contributed by atoms with van der Waals surface area (Å²) in [5, 5.41) is 11.7. The third-order valence-electron chi connectivity index (χ3n) is 3.61. The molecule has 3 aromatic rings. The second kappa shape index (κ2) is 6.52. The standard InChI is InChI=1S/C16H17N5O3S/c1-11-16(12(2)24-19-11)25(22,23)20-14-9-10-15(18-17-14)21(3)13-7-5-4-6-8-13/h4-10H,1-3H3,(H,17,20). The normalized spacial score (nSPS) is 11.3. The maximum atomic E-state index is 12.5. The summed E-state index contributed by atoms with van der Waals surface area (Å²) in [6.45, 7) is 3.10. The van der Waals surface area contributed by atoms with Crippen molar-refractivity contribution < 1.29 is 12.9 Å². The first-order valence-corrected chi connectivity index (χ1v) is 8.95. The van der Waals surface area contributed by atoms with Crippen molar-refractivity contribution in [2.24, 2.45) is 0 Å². The minimum Gasteiger partial charge on any atom is -0.360 e. The molecule has 0 fully saturated rings. The molecule has 1 aromatic carbocycles. The first-order chi connectivity index (χ1) is 11.9. The Hall–Kier alpha value is -2.94. The lowest BCUT2D eigenvalue weighted by molar-refractivity contribution is 0.390. The molecule has 9 heteroatoms. The number of aryl methyl sites for hydroxylation is 2. The quantitative estimate of drug-likeness (QED) is 0.747. The van der Waals surface area contributed by atoms with E-state index < -0.39 is 10.0 Å². The van der Waals surface area contributed by atoms with E-state index in [1.54, 1.807) is 19.1 Å². The fourth-order valence-corrected chi connectivity index (χ4v) is 3.72. The number of aromatic nitrogens is 3. The molecule has 0 aliphatic carbocycles. The second-order valence-corrected chi connectivity index (χ2v) is 7.05. The lowest BCUT2D eigenvalue weighted by Gasteiger charge is -2.17. The predicted molar refractivity (Wildman–Crippen MR) is 93.3 cm³/mol. The van der Waals surface area contributed by atoms with Crippen LogP contribution >= 0.6 is 0 Å². The highest BCUT2D eigenvalue weighted by Gasteiger charge is 2.24. The fourth-order valence-electron chi connectivity index (χ4n) is 2.39. The number of para-hydroxylation sites is 1. The number of rotatable bonds is 5. The van der Waals surface area contributed by atoms with Gasteiger partial charge in [0.2, 0.25) is 0 Å². The van der Waals surface area contributed by atoms with Gasteiger partial charge >= 0.3 is 0 Å². The highest BCUT2D eigenvalue weighted by Crippen LogP contribution is 2.23. The molecule has 2 heterocycles. The zero-order valence-corrected chi connectivity index (χ0v) is 14.8. The Labute approximate surface area is 145 Å². The molecule has 1 N–H and O–H groups in total. The van der Waals surface area contributed by atoms with E-state index in [4.69, 9.17) is 4.52 Å². The van der Waals surface area contributed by atoms with Crippen LogP contribution in [0.5, 0.6) is 0 Å². The van der Waals surface area contributed by atoms with Gasteiger partial charge in [-0.1, -0.05) is 23.4 Å². The number of sulfonamides is 1. The lowest BCUT2D eigenvalue weighted by atomic mass is 10.3. The molecular weight excluding hydrogens is 342 g/mol. The predicted octanol–water partition coefficient (Wildman–Crippen LogP) is 2.65. The molecule has 0 saturated carbocycles. The van der Waals surface area contributed by atoms with Gasteiger partial charge in [-0.15, -0.1) is 10.2 Å². The average Bonchev–Trinajstić information content (AvgIpc) is 2.95. The molecule has 0 aliphatic rings. The number of nitrogens with one attached hydrogen (secondary N) is 1. The smallest absolute Gasteiger partial charge is 0.268 e. The van der Waals surface area contributed by atoms with E-state index in [0.29, 0.717) is 11.5 Å². The molecule has 8 nitrogen and oxygen atoms in total. The number of benzene rings is 1. The van der Waals surface area contributed by atoms with Gasteiger partial charge in [-0.2, -0.15) is 0 Å². The van der Waals surface area contributed by atoms with Crippen LogP contribution in [0.4, 0.5) is 17.3 Å². The highest BCUT2D eigenvalue weighted by atomic mass is 32.2. The Morgan fingerprint density at radius 2 is 1.76 bits per heavy atom. The van der Waals surface area contributed by atoms with Gasteiger partial charge in [0.15, 0.2) is 22.3 Å². The summed E-state index contributed by atoms with van der Waals surface area (Å²) < 4.78 is 32.2. The van der Waals surface area contributed by atoms with Gasteiger partial charge in [0.1, 0.15) is 5.69 Å². The summed E-state index contributed by atoms with van der Waals surface area (Å²) in [5.74, 6) is 0.926.